The third-order valence-corrected chi connectivity index (χ3v) is 12.4. The Kier molecular flexibility index (Phi) is 5.47. The smallest absolute Gasteiger partial charge is 0.291 e. The standard InChI is InChI=1S/C26H32N2O5S2/c1-18-3-7-23(8-4-18)34(29,28-35(30,31)24-9-5-19(2)6-10-24)27-25-15-20-13-21(16-25)26(22(14-20)17-25)32-11-12-33-26/h3-10,20-22H,11-17H2,1-2H3,(H,27,28,29)/t20?,21-,22+,25?,34?. The van der Waals surface area contributed by atoms with Gasteiger partial charge in [0, 0.05) is 17.4 Å². The molecule has 188 valence electrons. The highest BCUT2D eigenvalue weighted by atomic mass is 32.3. The molecule has 1 heterocycles. The van der Waals surface area contributed by atoms with Crippen LogP contribution in [0.15, 0.2) is 62.1 Å². The number of rotatable bonds is 5. The van der Waals surface area contributed by atoms with Crippen LogP contribution in [0.4, 0.5) is 0 Å². The second-order valence-electron chi connectivity index (χ2n) is 10.8. The SMILES string of the molecule is Cc1ccc(S(=O)(=O)N=S(=O)(NC23CC4C[C@H](C2)C2(OCCO2)[C@@H](C4)C3)c2ccc(C)cc2)cc1. The van der Waals surface area contributed by atoms with Gasteiger partial charge in [-0.3, -0.25) is 0 Å². The fourth-order valence-electron chi connectivity index (χ4n) is 7.00. The van der Waals surface area contributed by atoms with Crippen molar-refractivity contribution in [2.24, 2.45) is 21.5 Å². The number of sulfonamides is 1. The Bertz CT molecular complexity index is 1340. The third-order valence-electron chi connectivity index (χ3n) is 8.28. The van der Waals surface area contributed by atoms with Gasteiger partial charge in [0.05, 0.1) is 23.0 Å². The minimum Gasteiger partial charge on any atom is -0.347 e. The van der Waals surface area contributed by atoms with E-state index in [1.54, 1.807) is 24.3 Å². The number of hydrogen-bond acceptors (Lipinski definition) is 5. The summed E-state index contributed by atoms with van der Waals surface area (Å²) in [6, 6.07) is 13.6. The van der Waals surface area contributed by atoms with E-state index < -0.39 is 31.3 Å². The van der Waals surface area contributed by atoms with Crippen LogP contribution < -0.4 is 4.72 Å². The normalized spacial score (nSPS) is 32.6. The van der Waals surface area contributed by atoms with Gasteiger partial charge < -0.3 is 9.47 Å². The largest absolute Gasteiger partial charge is 0.347 e. The summed E-state index contributed by atoms with van der Waals surface area (Å²) < 4.78 is 61.3. The van der Waals surface area contributed by atoms with E-state index in [0.717, 1.165) is 43.2 Å². The van der Waals surface area contributed by atoms with Gasteiger partial charge in [-0.1, -0.05) is 39.2 Å². The lowest BCUT2D eigenvalue weighted by Gasteiger charge is -2.62. The van der Waals surface area contributed by atoms with Crippen molar-refractivity contribution in [1.82, 2.24) is 4.72 Å². The first-order chi connectivity index (χ1) is 16.6. The van der Waals surface area contributed by atoms with Crippen LogP contribution in [0.5, 0.6) is 0 Å². The molecule has 0 radical (unpaired) electrons. The average Bonchev–Trinajstić information content (AvgIpc) is 3.28. The molecule has 4 saturated carbocycles. The van der Waals surface area contributed by atoms with Gasteiger partial charge in [0.1, 0.15) is 0 Å². The molecule has 1 saturated heterocycles. The van der Waals surface area contributed by atoms with Crippen LogP contribution in [0.3, 0.4) is 0 Å². The minimum atomic E-state index is -4.16. The van der Waals surface area contributed by atoms with E-state index in [-0.39, 0.29) is 16.7 Å². The molecular formula is C26H32N2O5S2. The number of aryl methyl sites for hydroxylation is 2. The second kappa shape index (κ2) is 8.11. The molecule has 1 aliphatic heterocycles. The third kappa shape index (κ3) is 3.96. The first-order valence-electron chi connectivity index (χ1n) is 12.4. The number of benzene rings is 2. The van der Waals surface area contributed by atoms with E-state index in [9.17, 15) is 12.6 Å². The molecule has 35 heavy (non-hydrogen) atoms. The summed E-state index contributed by atoms with van der Waals surface area (Å²) in [4.78, 5) is 0.430. The van der Waals surface area contributed by atoms with E-state index in [1.165, 1.54) is 12.1 Å². The van der Waals surface area contributed by atoms with Gasteiger partial charge in [0.25, 0.3) is 10.0 Å². The average molecular weight is 517 g/mol. The van der Waals surface area contributed by atoms with E-state index in [1.807, 2.05) is 26.0 Å². The molecule has 1 N–H and O–H groups in total. The van der Waals surface area contributed by atoms with Gasteiger partial charge in [-0.05, 0) is 76.1 Å². The van der Waals surface area contributed by atoms with Crippen molar-refractivity contribution in [3.05, 3.63) is 59.7 Å². The van der Waals surface area contributed by atoms with Crippen molar-refractivity contribution in [1.29, 1.82) is 0 Å². The molecule has 1 spiro atoms. The van der Waals surface area contributed by atoms with Crippen LogP contribution in [-0.4, -0.2) is 37.2 Å². The predicted molar refractivity (Wildman–Crippen MR) is 132 cm³/mol. The fourth-order valence-corrected chi connectivity index (χ4v) is 10.9. The Balaban J connectivity index is 1.42. The fraction of sp³-hybridized carbons (Fsp3) is 0.538. The summed E-state index contributed by atoms with van der Waals surface area (Å²) in [5.41, 5.74) is 1.48. The maximum atomic E-state index is 14.6. The van der Waals surface area contributed by atoms with Gasteiger partial charge in [-0.15, -0.1) is 0 Å². The minimum absolute atomic E-state index is 0.0435. The van der Waals surface area contributed by atoms with Gasteiger partial charge in [-0.25, -0.2) is 8.93 Å². The summed E-state index contributed by atoms with van der Waals surface area (Å²) in [5.74, 6) is 0.366. The Hall–Kier alpha value is -1.78. The highest BCUT2D eigenvalue weighted by Crippen LogP contribution is 2.62. The van der Waals surface area contributed by atoms with Gasteiger partial charge in [0.15, 0.2) is 15.7 Å². The number of hydrogen-bond donors (Lipinski definition) is 1. The molecule has 5 atom stereocenters. The summed E-state index contributed by atoms with van der Waals surface area (Å²) in [6.45, 7) is 5.06. The monoisotopic (exact) mass is 516 g/mol. The summed E-state index contributed by atoms with van der Waals surface area (Å²) in [6.07, 6.45) is 4.40. The molecule has 0 aromatic heterocycles. The first-order valence-corrected chi connectivity index (χ1v) is 15.3. The zero-order valence-electron chi connectivity index (χ0n) is 20.1. The van der Waals surface area contributed by atoms with Crippen LogP contribution >= 0.6 is 0 Å². The second-order valence-corrected chi connectivity index (χ2v) is 14.6. The molecular weight excluding hydrogens is 484 g/mol. The predicted octanol–water partition coefficient (Wildman–Crippen LogP) is 4.35. The Morgan fingerprint density at radius 1 is 0.800 bits per heavy atom. The zero-order valence-corrected chi connectivity index (χ0v) is 21.7. The van der Waals surface area contributed by atoms with Crippen molar-refractivity contribution < 1.29 is 22.1 Å². The van der Waals surface area contributed by atoms with E-state index in [4.69, 9.17) is 9.47 Å². The molecule has 4 bridgehead atoms. The van der Waals surface area contributed by atoms with Crippen LogP contribution in [0.25, 0.3) is 0 Å². The van der Waals surface area contributed by atoms with E-state index >= 15 is 0 Å². The van der Waals surface area contributed by atoms with Crippen molar-refractivity contribution in [3.8, 4) is 0 Å². The topological polar surface area (TPSA) is 94.1 Å². The van der Waals surface area contributed by atoms with Crippen LogP contribution in [0.1, 0.15) is 43.2 Å². The number of ether oxygens (including phenoxy) is 2. The maximum Gasteiger partial charge on any atom is 0.291 e. The number of nitrogens with zero attached hydrogens (tertiary/aromatic N) is 1. The quantitative estimate of drug-likeness (QED) is 0.638. The lowest BCUT2D eigenvalue weighted by molar-refractivity contribution is -0.292. The molecule has 4 aliphatic carbocycles. The van der Waals surface area contributed by atoms with Gasteiger partial charge in [-0.2, -0.15) is 8.42 Å². The van der Waals surface area contributed by atoms with Crippen LogP contribution in [-0.2, 0) is 29.4 Å². The van der Waals surface area contributed by atoms with Crippen molar-refractivity contribution in [3.63, 3.8) is 0 Å². The zero-order chi connectivity index (χ0) is 24.5. The molecule has 5 fully saturated rings. The molecule has 0 amide bonds. The molecule has 9 heteroatoms. The molecule has 5 aliphatic rings. The Morgan fingerprint density at radius 2 is 1.31 bits per heavy atom. The lowest BCUT2D eigenvalue weighted by atomic mass is 9.50. The molecule has 3 unspecified atom stereocenters. The molecule has 2 aromatic carbocycles. The Morgan fingerprint density at radius 3 is 1.86 bits per heavy atom. The van der Waals surface area contributed by atoms with E-state index in [2.05, 4.69) is 8.49 Å². The van der Waals surface area contributed by atoms with Crippen LogP contribution in [0.2, 0.25) is 0 Å². The molecule has 7 nitrogen and oxygen atoms in total. The lowest BCUT2D eigenvalue weighted by Crippen LogP contribution is -2.68. The van der Waals surface area contributed by atoms with E-state index in [0.29, 0.717) is 24.0 Å². The van der Waals surface area contributed by atoms with Gasteiger partial charge >= 0.3 is 0 Å². The summed E-state index contributed by atoms with van der Waals surface area (Å²) >= 11 is 0. The van der Waals surface area contributed by atoms with Gasteiger partial charge in [0.2, 0.25) is 0 Å². The summed E-state index contributed by atoms with van der Waals surface area (Å²) in [5, 5.41) is 0. The van der Waals surface area contributed by atoms with Crippen molar-refractivity contribution in [2.45, 2.75) is 67.1 Å². The van der Waals surface area contributed by atoms with Crippen molar-refractivity contribution in [2.75, 3.05) is 13.2 Å². The maximum absolute atomic E-state index is 14.6. The highest BCUT2D eigenvalue weighted by molar-refractivity contribution is 8.02. The molecule has 2 aromatic rings. The first kappa shape index (κ1) is 23.6. The Labute approximate surface area is 208 Å². The highest BCUT2D eigenvalue weighted by Gasteiger charge is 2.65. The summed E-state index contributed by atoms with van der Waals surface area (Å²) in [7, 11) is -7.65. The number of nitrogens with one attached hydrogen (secondary N) is 1. The van der Waals surface area contributed by atoms with Crippen molar-refractivity contribution >= 4 is 19.9 Å². The van der Waals surface area contributed by atoms with Crippen LogP contribution in [0, 0.1) is 31.6 Å². The molecule has 7 rings (SSSR count).